The highest BCUT2D eigenvalue weighted by Crippen LogP contribution is 2.47. The van der Waals surface area contributed by atoms with Crippen molar-refractivity contribution in [3.05, 3.63) is 35.9 Å². The summed E-state index contributed by atoms with van der Waals surface area (Å²) >= 11 is 0. The van der Waals surface area contributed by atoms with Gasteiger partial charge in [-0.1, -0.05) is 30.3 Å². The summed E-state index contributed by atoms with van der Waals surface area (Å²) < 4.78 is 10.3. The molecule has 0 radical (unpaired) electrons. The summed E-state index contributed by atoms with van der Waals surface area (Å²) in [7, 11) is 0. The number of hydrogen-bond donors (Lipinski definition) is 0. The topological polar surface area (TPSA) is 72.9 Å². The molecule has 3 rings (SSSR count). The highest BCUT2D eigenvalue weighted by atomic mass is 16.5. The summed E-state index contributed by atoms with van der Waals surface area (Å²) in [6.07, 6.45) is 4.29. The molecular weight excluding hydrogens is 322 g/mol. The minimum absolute atomic E-state index is 0.0649. The van der Waals surface area contributed by atoms with Gasteiger partial charge in [0.25, 0.3) is 12.9 Å². The Hall–Kier alpha value is -2.37. The van der Waals surface area contributed by atoms with Gasteiger partial charge in [0.2, 0.25) is 5.91 Å². The molecule has 1 amide bonds. The normalized spacial score (nSPS) is 27.1. The van der Waals surface area contributed by atoms with E-state index in [0.29, 0.717) is 25.8 Å². The first kappa shape index (κ1) is 17.5. The van der Waals surface area contributed by atoms with E-state index in [4.69, 9.17) is 9.47 Å². The fourth-order valence-electron chi connectivity index (χ4n) is 4.40. The van der Waals surface area contributed by atoms with Crippen LogP contribution in [0.5, 0.6) is 0 Å². The number of carbonyl (C=O) groups excluding carboxylic acids is 3. The monoisotopic (exact) mass is 345 g/mol. The van der Waals surface area contributed by atoms with Crippen LogP contribution in [0.3, 0.4) is 0 Å². The van der Waals surface area contributed by atoms with Crippen molar-refractivity contribution in [2.45, 2.75) is 56.2 Å². The minimum Gasteiger partial charge on any atom is -0.465 e. The van der Waals surface area contributed by atoms with E-state index in [1.807, 2.05) is 35.2 Å². The Bertz CT molecular complexity index is 620. The van der Waals surface area contributed by atoms with Gasteiger partial charge >= 0.3 is 0 Å². The number of benzene rings is 1. The van der Waals surface area contributed by atoms with Gasteiger partial charge in [0, 0.05) is 18.4 Å². The van der Waals surface area contributed by atoms with E-state index < -0.39 is 0 Å². The standard InChI is InChI=1S/C19H23NO5/c21-13-24-12-17(15-5-2-1-3-6-15)20-18(23)8-10-19(20)9-4-7-16(11-19)25-14-22/h1-3,5-6,13-14,16-17H,4,7-12H2/t16-,17+,19-/m1/s1. The van der Waals surface area contributed by atoms with Crippen molar-refractivity contribution >= 4 is 18.9 Å². The molecule has 0 unspecified atom stereocenters. The summed E-state index contributed by atoms with van der Waals surface area (Å²) in [5.41, 5.74) is 0.605. The van der Waals surface area contributed by atoms with Crippen molar-refractivity contribution in [2.75, 3.05) is 6.61 Å². The first-order valence-corrected chi connectivity index (χ1v) is 8.72. The summed E-state index contributed by atoms with van der Waals surface area (Å²) in [5.74, 6) is 0.0649. The quantitative estimate of drug-likeness (QED) is 0.710. The van der Waals surface area contributed by atoms with Gasteiger partial charge in [0.1, 0.15) is 12.7 Å². The molecule has 0 N–H and O–H groups in total. The van der Waals surface area contributed by atoms with Crippen molar-refractivity contribution < 1.29 is 23.9 Å². The zero-order valence-electron chi connectivity index (χ0n) is 14.1. The third-order valence-corrected chi connectivity index (χ3v) is 5.43. The van der Waals surface area contributed by atoms with E-state index in [0.717, 1.165) is 31.2 Å². The molecule has 1 aromatic rings. The molecule has 6 nitrogen and oxygen atoms in total. The number of rotatable bonds is 7. The molecule has 2 fully saturated rings. The van der Waals surface area contributed by atoms with Crippen LogP contribution < -0.4 is 0 Å². The molecule has 1 heterocycles. The van der Waals surface area contributed by atoms with Crippen molar-refractivity contribution in [1.82, 2.24) is 4.90 Å². The maximum absolute atomic E-state index is 12.8. The number of amides is 1. The van der Waals surface area contributed by atoms with E-state index in [1.165, 1.54) is 0 Å². The molecule has 1 aromatic carbocycles. The average Bonchev–Trinajstić information content (AvgIpc) is 2.93. The highest BCUT2D eigenvalue weighted by molar-refractivity contribution is 5.80. The van der Waals surface area contributed by atoms with Gasteiger partial charge in [0.05, 0.1) is 6.04 Å². The second-order valence-corrected chi connectivity index (χ2v) is 6.79. The largest absolute Gasteiger partial charge is 0.465 e. The zero-order valence-corrected chi connectivity index (χ0v) is 14.1. The van der Waals surface area contributed by atoms with Crippen LogP contribution in [-0.2, 0) is 23.9 Å². The van der Waals surface area contributed by atoms with Crippen molar-refractivity contribution in [1.29, 1.82) is 0 Å². The predicted octanol–water partition coefficient (Wildman–Crippen LogP) is 2.38. The number of nitrogens with zero attached hydrogens (tertiary/aromatic N) is 1. The van der Waals surface area contributed by atoms with Gasteiger partial charge in [-0.05, 0) is 31.2 Å². The Kier molecular flexibility index (Phi) is 5.36. The molecule has 134 valence electrons. The molecule has 1 saturated heterocycles. The molecule has 1 aliphatic carbocycles. The Morgan fingerprint density at radius 3 is 2.72 bits per heavy atom. The van der Waals surface area contributed by atoms with Crippen LogP contribution in [0, 0.1) is 0 Å². The zero-order chi connectivity index (χ0) is 17.7. The van der Waals surface area contributed by atoms with Gasteiger partial charge in [-0.25, -0.2) is 0 Å². The number of likely N-dealkylation sites (tertiary alicyclic amines) is 1. The first-order valence-electron chi connectivity index (χ1n) is 8.72. The lowest BCUT2D eigenvalue weighted by Gasteiger charge is -2.47. The molecule has 25 heavy (non-hydrogen) atoms. The second kappa shape index (κ2) is 7.68. The third-order valence-electron chi connectivity index (χ3n) is 5.43. The molecule has 1 saturated carbocycles. The smallest absolute Gasteiger partial charge is 0.293 e. The van der Waals surface area contributed by atoms with Crippen LogP contribution in [0.2, 0.25) is 0 Å². The molecule has 1 aliphatic heterocycles. The average molecular weight is 345 g/mol. The number of ether oxygens (including phenoxy) is 2. The highest BCUT2D eigenvalue weighted by Gasteiger charge is 2.51. The van der Waals surface area contributed by atoms with Crippen LogP contribution in [0.25, 0.3) is 0 Å². The van der Waals surface area contributed by atoms with Crippen LogP contribution in [0.15, 0.2) is 30.3 Å². The van der Waals surface area contributed by atoms with Gasteiger partial charge in [0.15, 0.2) is 0 Å². The summed E-state index contributed by atoms with van der Waals surface area (Å²) in [5, 5.41) is 0. The van der Waals surface area contributed by atoms with Crippen LogP contribution in [0.1, 0.15) is 50.1 Å². The van der Waals surface area contributed by atoms with E-state index >= 15 is 0 Å². The summed E-state index contributed by atoms with van der Waals surface area (Å²) in [6.45, 7) is 1.04. The Balaban J connectivity index is 1.92. The maximum atomic E-state index is 12.8. The second-order valence-electron chi connectivity index (χ2n) is 6.79. The van der Waals surface area contributed by atoms with E-state index in [2.05, 4.69) is 0 Å². The Labute approximate surface area is 147 Å². The molecule has 3 atom stereocenters. The summed E-state index contributed by atoms with van der Waals surface area (Å²) in [4.78, 5) is 36.2. The molecule has 0 aromatic heterocycles. The van der Waals surface area contributed by atoms with E-state index in [9.17, 15) is 14.4 Å². The van der Waals surface area contributed by atoms with Crippen LogP contribution in [-0.4, -0.2) is 42.0 Å². The summed E-state index contributed by atoms with van der Waals surface area (Å²) in [6, 6.07) is 9.31. The van der Waals surface area contributed by atoms with E-state index in [1.54, 1.807) is 0 Å². The van der Waals surface area contributed by atoms with Gasteiger partial charge in [-0.15, -0.1) is 0 Å². The Morgan fingerprint density at radius 1 is 1.20 bits per heavy atom. The van der Waals surface area contributed by atoms with Crippen LogP contribution in [0.4, 0.5) is 0 Å². The minimum atomic E-state index is -0.338. The lowest BCUT2D eigenvalue weighted by Crippen LogP contribution is -2.52. The molecule has 1 spiro atoms. The van der Waals surface area contributed by atoms with Crippen molar-refractivity contribution in [3.8, 4) is 0 Å². The van der Waals surface area contributed by atoms with Gasteiger partial charge < -0.3 is 14.4 Å². The maximum Gasteiger partial charge on any atom is 0.293 e. The van der Waals surface area contributed by atoms with Crippen LogP contribution >= 0.6 is 0 Å². The number of hydrogen-bond acceptors (Lipinski definition) is 5. The predicted molar refractivity (Wildman–Crippen MR) is 89.4 cm³/mol. The Morgan fingerprint density at radius 2 is 2.00 bits per heavy atom. The fraction of sp³-hybridized carbons (Fsp3) is 0.526. The van der Waals surface area contributed by atoms with E-state index in [-0.39, 0.29) is 30.2 Å². The lowest BCUT2D eigenvalue weighted by molar-refractivity contribution is -0.146. The molecule has 6 heteroatoms. The molecular formula is C19H23NO5. The number of carbonyl (C=O) groups is 3. The third kappa shape index (κ3) is 3.52. The van der Waals surface area contributed by atoms with Crippen molar-refractivity contribution in [2.24, 2.45) is 0 Å². The lowest BCUT2D eigenvalue weighted by atomic mass is 9.77. The van der Waals surface area contributed by atoms with Gasteiger partial charge in [-0.3, -0.25) is 14.4 Å². The molecule has 2 aliphatic rings. The first-order chi connectivity index (χ1) is 12.2. The molecule has 0 bridgehead atoms. The fourth-order valence-corrected chi connectivity index (χ4v) is 4.40. The van der Waals surface area contributed by atoms with Crippen molar-refractivity contribution in [3.63, 3.8) is 0 Å². The van der Waals surface area contributed by atoms with Gasteiger partial charge in [-0.2, -0.15) is 0 Å². The SMILES string of the molecule is O=COC[C@@H](c1ccccc1)N1C(=O)CC[C@@]12CCC[C@@H](OC=O)C2.